The third kappa shape index (κ3) is 5.48. The van der Waals surface area contributed by atoms with E-state index in [1.54, 1.807) is 31.2 Å². The van der Waals surface area contributed by atoms with Crippen LogP contribution in [0.5, 0.6) is 0 Å². The van der Waals surface area contributed by atoms with Crippen LogP contribution in [-0.4, -0.2) is 24.2 Å². The van der Waals surface area contributed by atoms with E-state index in [2.05, 4.69) is 16.7 Å². The molecule has 2 N–H and O–H groups in total. The van der Waals surface area contributed by atoms with Gasteiger partial charge in [0.15, 0.2) is 0 Å². The second-order valence-corrected chi connectivity index (χ2v) is 8.49. The summed E-state index contributed by atoms with van der Waals surface area (Å²) in [4.78, 5) is 25.8. The molecule has 7 nitrogen and oxygen atoms in total. The minimum Gasteiger partial charge on any atom is -0.468 e. The maximum atomic E-state index is 13.2. The van der Waals surface area contributed by atoms with Crippen LogP contribution in [-0.2, 0) is 14.3 Å². The number of benzene rings is 2. The van der Waals surface area contributed by atoms with Crippen molar-refractivity contribution in [1.29, 1.82) is 5.26 Å². The molecule has 1 aliphatic heterocycles. The molecule has 1 atom stereocenters. The van der Waals surface area contributed by atoms with Gasteiger partial charge in [-0.2, -0.15) is 5.26 Å². The number of hydrogen-bond acceptors (Lipinski definition) is 7. The number of esters is 1. The third-order valence-electron chi connectivity index (χ3n) is 5.24. The maximum Gasteiger partial charge on any atom is 0.337 e. The van der Waals surface area contributed by atoms with Crippen molar-refractivity contribution >= 4 is 35.0 Å². The molecule has 2 aromatic carbocycles. The van der Waals surface area contributed by atoms with Crippen LogP contribution in [0.2, 0.25) is 0 Å². The van der Waals surface area contributed by atoms with Gasteiger partial charge in [0.05, 0.1) is 52.5 Å². The predicted molar refractivity (Wildman–Crippen MR) is 135 cm³/mol. The number of hydrogen-bond donors (Lipinski definition) is 2. The van der Waals surface area contributed by atoms with Crippen molar-refractivity contribution in [2.45, 2.75) is 12.8 Å². The Kier molecular flexibility index (Phi) is 7.70. The average molecular weight is 486 g/mol. The number of thioether (sulfide) groups is 1. The minimum atomic E-state index is -0.787. The van der Waals surface area contributed by atoms with Crippen LogP contribution >= 0.6 is 11.8 Å². The molecule has 8 heteroatoms. The number of allylic oxidation sites excluding steroid dienone is 1. The highest BCUT2D eigenvalue weighted by molar-refractivity contribution is 8.03. The summed E-state index contributed by atoms with van der Waals surface area (Å²) in [6, 6.07) is 24.1. The molecular weight excluding hydrogens is 462 g/mol. The lowest BCUT2D eigenvalue weighted by atomic mass is 9.84. The van der Waals surface area contributed by atoms with Crippen molar-refractivity contribution in [3.8, 4) is 6.07 Å². The van der Waals surface area contributed by atoms with Gasteiger partial charge in [-0.25, -0.2) is 4.79 Å². The largest absolute Gasteiger partial charge is 0.468 e. The van der Waals surface area contributed by atoms with Crippen LogP contribution < -0.4 is 10.6 Å². The monoisotopic (exact) mass is 485 g/mol. The fourth-order valence-corrected chi connectivity index (χ4v) is 4.60. The Bertz CT molecular complexity index is 1290. The van der Waals surface area contributed by atoms with E-state index < -0.39 is 11.9 Å². The number of rotatable bonds is 8. The van der Waals surface area contributed by atoms with Gasteiger partial charge in [-0.3, -0.25) is 4.79 Å². The van der Waals surface area contributed by atoms with Gasteiger partial charge in [0.2, 0.25) is 5.91 Å². The number of dihydropyridines is 1. The number of furan rings is 1. The molecule has 35 heavy (non-hydrogen) atoms. The number of nitriles is 1. The molecule has 0 radical (unpaired) electrons. The van der Waals surface area contributed by atoms with Gasteiger partial charge in [-0.05, 0) is 36.8 Å². The zero-order chi connectivity index (χ0) is 24.6. The predicted octanol–water partition coefficient (Wildman–Crippen LogP) is 5.05. The summed E-state index contributed by atoms with van der Waals surface area (Å²) < 4.78 is 11.0. The molecule has 0 spiro atoms. The smallest absolute Gasteiger partial charge is 0.337 e. The summed E-state index contributed by atoms with van der Waals surface area (Å²) >= 11 is 1.19. The van der Waals surface area contributed by atoms with E-state index in [-0.39, 0.29) is 29.4 Å². The first-order valence-electron chi connectivity index (χ1n) is 11.0. The fourth-order valence-electron chi connectivity index (χ4n) is 3.75. The van der Waals surface area contributed by atoms with Gasteiger partial charge in [0.25, 0.3) is 0 Å². The molecule has 176 valence electrons. The van der Waals surface area contributed by atoms with E-state index in [0.29, 0.717) is 22.2 Å². The Morgan fingerprint density at radius 3 is 2.43 bits per heavy atom. The van der Waals surface area contributed by atoms with Crippen LogP contribution in [0.3, 0.4) is 0 Å². The van der Waals surface area contributed by atoms with Crippen molar-refractivity contribution in [2.24, 2.45) is 0 Å². The average Bonchev–Trinajstić information content (AvgIpc) is 3.42. The first kappa shape index (κ1) is 23.9. The molecule has 1 aliphatic rings. The zero-order valence-corrected chi connectivity index (χ0v) is 19.8. The normalized spacial score (nSPS) is 15.3. The van der Waals surface area contributed by atoms with Crippen LogP contribution in [0.15, 0.2) is 99.7 Å². The first-order valence-corrected chi connectivity index (χ1v) is 12.0. The van der Waals surface area contributed by atoms with Crippen LogP contribution in [0.1, 0.15) is 24.2 Å². The van der Waals surface area contributed by atoms with Crippen LogP contribution in [0, 0.1) is 11.3 Å². The molecule has 0 unspecified atom stereocenters. The highest BCUT2D eigenvalue weighted by atomic mass is 32.2. The lowest BCUT2D eigenvalue weighted by Gasteiger charge is -2.29. The van der Waals surface area contributed by atoms with E-state index in [9.17, 15) is 14.9 Å². The first-order chi connectivity index (χ1) is 17.1. The third-order valence-corrected chi connectivity index (χ3v) is 6.26. The number of nitrogens with zero attached hydrogens (tertiary/aromatic N) is 1. The molecule has 0 aliphatic carbocycles. The number of para-hydroxylation sites is 1. The van der Waals surface area contributed by atoms with Crippen molar-refractivity contribution in [3.05, 3.63) is 107 Å². The zero-order valence-electron chi connectivity index (χ0n) is 19.0. The van der Waals surface area contributed by atoms with Crippen molar-refractivity contribution in [3.63, 3.8) is 0 Å². The van der Waals surface area contributed by atoms with E-state index in [4.69, 9.17) is 9.15 Å². The molecule has 0 fully saturated rings. The van der Waals surface area contributed by atoms with Gasteiger partial charge >= 0.3 is 5.97 Å². The summed E-state index contributed by atoms with van der Waals surface area (Å²) in [5.41, 5.74) is 2.50. The van der Waals surface area contributed by atoms with Crippen molar-refractivity contribution in [2.75, 3.05) is 17.7 Å². The SMILES string of the molecule is CCOC(=O)C1=C(c2ccccc2)NC(SCC(=O)Nc2ccccc2)=C(C#N)[C@@H]1c1ccco1. The molecule has 0 saturated carbocycles. The molecule has 2 heterocycles. The van der Waals surface area contributed by atoms with Gasteiger partial charge in [-0.1, -0.05) is 60.3 Å². The highest BCUT2D eigenvalue weighted by Gasteiger charge is 2.38. The Morgan fingerprint density at radius 2 is 1.80 bits per heavy atom. The second-order valence-electron chi connectivity index (χ2n) is 7.51. The number of amides is 1. The Morgan fingerprint density at radius 1 is 1.09 bits per heavy atom. The Balaban J connectivity index is 1.72. The van der Waals surface area contributed by atoms with E-state index in [1.807, 2.05) is 48.5 Å². The fraction of sp³-hybridized carbons (Fsp3) is 0.148. The van der Waals surface area contributed by atoms with Crippen LogP contribution in [0.25, 0.3) is 5.70 Å². The van der Waals surface area contributed by atoms with Crippen molar-refractivity contribution < 1.29 is 18.7 Å². The van der Waals surface area contributed by atoms with Gasteiger partial charge in [-0.15, -0.1) is 0 Å². The second kappa shape index (κ2) is 11.3. The topological polar surface area (TPSA) is 104 Å². The van der Waals surface area contributed by atoms with Gasteiger partial charge < -0.3 is 19.8 Å². The lowest BCUT2D eigenvalue weighted by Crippen LogP contribution is -2.29. The molecule has 1 amide bonds. The molecule has 0 saturated heterocycles. The summed E-state index contributed by atoms with van der Waals surface area (Å²) in [5.74, 6) is -1.05. The van der Waals surface area contributed by atoms with Crippen LogP contribution in [0.4, 0.5) is 5.69 Å². The molecular formula is C27H23N3O4S. The van der Waals surface area contributed by atoms with E-state index >= 15 is 0 Å². The molecule has 3 aromatic rings. The van der Waals surface area contributed by atoms with Gasteiger partial charge in [0.1, 0.15) is 5.76 Å². The standard InChI is InChI=1S/C27H23N3O4S/c1-2-33-27(32)24-23(21-14-9-15-34-21)20(16-28)26(30-25(24)18-10-5-3-6-11-18)35-17-22(31)29-19-12-7-4-8-13-19/h3-15,23,30H,2,17H2,1H3,(H,29,31)/t23-/m1/s1. The molecule has 4 rings (SSSR count). The number of carbonyl (C=O) groups excluding carboxylic acids is 2. The quantitative estimate of drug-likeness (QED) is 0.430. The number of anilines is 1. The lowest BCUT2D eigenvalue weighted by molar-refractivity contribution is -0.138. The van der Waals surface area contributed by atoms with E-state index in [0.717, 1.165) is 5.56 Å². The van der Waals surface area contributed by atoms with Crippen molar-refractivity contribution in [1.82, 2.24) is 5.32 Å². The Labute approximate surface area is 207 Å². The summed E-state index contributed by atoms with van der Waals surface area (Å²) in [6.45, 7) is 1.91. The Hall–Kier alpha value is -4.22. The number of ether oxygens (including phenoxy) is 1. The minimum absolute atomic E-state index is 0.0596. The number of carbonyl (C=O) groups is 2. The highest BCUT2D eigenvalue weighted by Crippen LogP contribution is 2.43. The summed E-state index contributed by atoms with van der Waals surface area (Å²) in [5, 5.41) is 16.7. The number of nitrogens with one attached hydrogen (secondary N) is 2. The van der Waals surface area contributed by atoms with E-state index in [1.165, 1.54) is 18.0 Å². The maximum absolute atomic E-state index is 13.2. The molecule has 0 bridgehead atoms. The summed E-state index contributed by atoms with van der Waals surface area (Å²) in [6.07, 6.45) is 1.50. The summed E-state index contributed by atoms with van der Waals surface area (Å²) in [7, 11) is 0. The molecule has 1 aromatic heterocycles. The van der Waals surface area contributed by atoms with Gasteiger partial charge in [0, 0.05) is 5.69 Å².